The van der Waals surface area contributed by atoms with E-state index in [-0.39, 0.29) is 5.92 Å². The van der Waals surface area contributed by atoms with Gasteiger partial charge in [0.1, 0.15) is 0 Å². The van der Waals surface area contributed by atoms with Crippen LogP contribution in [0.1, 0.15) is 45.4 Å². The molecule has 3 heteroatoms. The number of carboxylic acids is 1. The molecule has 0 aromatic heterocycles. The van der Waals surface area contributed by atoms with Crippen LogP contribution in [0.2, 0.25) is 0 Å². The number of aliphatic carboxylic acids is 1. The molecule has 1 N–H and O–H groups in total. The summed E-state index contributed by atoms with van der Waals surface area (Å²) in [5.74, 6) is 1.39. The van der Waals surface area contributed by atoms with E-state index in [1.165, 1.54) is 19.3 Å². The first-order valence-electron chi connectivity index (χ1n) is 7.03. The summed E-state index contributed by atoms with van der Waals surface area (Å²) in [7, 11) is 0. The van der Waals surface area contributed by atoms with Crippen molar-refractivity contribution in [3.05, 3.63) is 0 Å². The molecule has 3 fully saturated rings. The maximum Gasteiger partial charge on any atom is 0.306 e. The monoisotopic (exact) mass is 238 g/mol. The molecular formula is C14H22O3. The molecule has 0 radical (unpaired) electrons. The minimum Gasteiger partial charge on any atom is -0.481 e. The summed E-state index contributed by atoms with van der Waals surface area (Å²) in [6.07, 6.45) is 7.56. The van der Waals surface area contributed by atoms with Gasteiger partial charge in [0, 0.05) is 0 Å². The highest BCUT2D eigenvalue weighted by atomic mass is 16.6. The summed E-state index contributed by atoms with van der Waals surface area (Å²) >= 11 is 0. The van der Waals surface area contributed by atoms with E-state index >= 15 is 0 Å². The predicted molar refractivity (Wildman–Crippen MR) is 63.6 cm³/mol. The van der Waals surface area contributed by atoms with Crippen molar-refractivity contribution in [2.75, 3.05) is 0 Å². The van der Waals surface area contributed by atoms with Gasteiger partial charge in [0.2, 0.25) is 0 Å². The van der Waals surface area contributed by atoms with Crippen molar-refractivity contribution >= 4 is 5.97 Å². The van der Waals surface area contributed by atoms with Gasteiger partial charge >= 0.3 is 5.97 Å². The van der Waals surface area contributed by atoms with Crippen LogP contribution in [0.5, 0.6) is 0 Å². The molecule has 1 heterocycles. The van der Waals surface area contributed by atoms with Crippen molar-refractivity contribution in [2.45, 2.75) is 57.7 Å². The van der Waals surface area contributed by atoms with Gasteiger partial charge in [-0.3, -0.25) is 4.79 Å². The quantitative estimate of drug-likeness (QED) is 0.752. The van der Waals surface area contributed by atoms with Gasteiger partial charge in [-0.25, -0.2) is 0 Å². The molecule has 3 nitrogen and oxygen atoms in total. The number of ether oxygens (including phenoxy) is 1. The first kappa shape index (κ1) is 11.5. The van der Waals surface area contributed by atoms with E-state index in [0.717, 1.165) is 25.2 Å². The average molecular weight is 238 g/mol. The van der Waals surface area contributed by atoms with E-state index in [1.54, 1.807) is 0 Å². The Morgan fingerprint density at radius 3 is 2.71 bits per heavy atom. The number of rotatable bonds is 2. The van der Waals surface area contributed by atoms with Crippen molar-refractivity contribution < 1.29 is 14.6 Å². The predicted octanol–water partition coefficient (Wildman–Crippen LogP) is 2.69. The lowest BCUT2D eigenvalue weighted by Gasteiger charge is -2.37. The maximum atomic E-state index is 11.1. The maximum absolute atomic E-state index is 11.1. The van der Waals surface area contributed by atoms with E-state index in [9.17, 15) is 4.79 Å². The third-order valence-electron chi connectivity index (χ3n) is 5.20. The Kier molecular flexibility index (Phi) is 2.89. The number of carboxylic acid groups (broad SMARTS) is 1. The highest BCUT2D eigenvalue weighted by Crippen LogP contribution is 2.49. The Morgan fingerprint density at radius 2 is 1.94 bits per heavy atom. The van der Waals surface area contributed by atoms with Gasteiger partial charge in [-0.05, 0) is 43.4 Å². The molecule has 0 aromatic carbocycles. The third-order valence-corrected chi connectivity index (χ3v) is 5.20. The summed E-state index contributed by atoms with van der Waals surface area (Å²) in [5.41, 5.74) is 0. The summed E-state index contributed by atoms with van der Waals surface area (Å²) < 4.78 is 5.63. The van der Waals surface area contributed by atoms with E-state index in [2.05, 4.69) is 6.92 Å². The molecule has 0 aromatic rings. The zero-order valence-corrected chi connectivity index (χ0v) is 10.5. The number of carbonyl (C=O) groups is 1. The molecule has 3 rings (SSSR count). The van der Waals surface area contributed by atoms with E-state index < -0.39 is 5.97 Å². The molecule has 17 heavy (non-hydrogen) atoms. The van der Waals surface area contributed by atoms with Crippen molar-refractivity contribution in [1.29, 1.82) is 0 Å². The molecule has 2 saturated carbocycles. The van der Waals surface area contributed by atoms with Crippen LogP contribution in [0.15, 0.2) is 0 Å². The van der Waals surface area contributed by atoms with Gasteiger partial charge in [-0.1, -0.05) is 19.8 Å². The summed E-state index contributed by atoms with van der Waals surface area (Å²) in [6.45, 7) is 2.33. The van der Waals surface area contributed by atoms with Crippen LogP contribution in [-0.4, -0.2) is 23.3 Å². The number of hydrogen-bond acceptors (Lipinski definition) is 2. The zero-order valence-electron chi connectivity index (χ0n) is 10.5. The largest absolute Gasteiger partial charge is 0.481 e. The second kappa shape index (κ2) is 4.27. The Labute approximate surface area is 103 Å². The van der Waals surface area contributed by atoms with E-state index in [4.69, 9.17) is 9.84 Å². The lowest BCUT2D eigenvalue weighted by atomic mass is 9.66. The third kappa shape index (κ3) is 2.22. The molecule has 0 amide bonds. The van der Waals surface area contributed by atoms with E-state index in [1.807, 2.05) is 0 Å². The molecule has 3 aliphatic rings. The minimum absolute atomic E-state index is 0.0844. The normalized spacial score (nSPS) is 49.5. The summed E-state index contributed by atoms with van der Waals surface area (Å²) in [6, 6.07) is 0. The average Bonchev–Trinajstić information content (AvgIpc) is 3.06. The van der Waals surface area contributed by atoms with Gasteiger partial charge in [-0.15, -0.1) is 0 Å². The standard InChI is InChI=1S/C14H22O3/c1-8-5-12-13(17-12)7-11(8)9-3-2-4-10(6-9)14(15)16/h8-13H,2-7H2,1H3,(H,15,16). The van der Waals surface area contributed by atoms with Crippen molar-refractivity contribution in [2.24, 2.45) is 23.7 Å². The molecule has 96 valence electrons. The van der Waals surface area contributed by atoms with Crippen LogP contribution in [0.25, 0.3) is 0 Å². The zero-order chi connectivity index (χ0) is 12.0. The Hall–Kier alpha value is -0.570. The molecule has 1 saturated heterocycles. The number of hydrogen-bond donors (Lipinski definition) is 1. The van der Waals surface area contributed by atoms with Crippen LogP contribution in [0, 0.1) is 23.7 Å². The van der Waals surface area contributed by atoms with Crippen LogP contribution in [0.4, 0.5) is 0 Å². The van der Waals surface area contributed by atoms with E-state index in [0.29, 0.717) is 24.0 Å². The fourth-order valence-electron chi connectivity index (χ4n) is 4.13. The molecule has 2 aliphatic carbocycles. The molecule has 6 atom stereocenters. The van der Waals surface area contributed by atoms with Gasteiger partial charge in [-0.2, -0.15) is 0 Å². The van der Waals surface area contributed by atoms with Crippen molar-refractivity contribution in [3.63, 3.8) is 0 Å². The second-order valence-corrected chi connectivity index (χ2v) is 6.29. The van der Waals surface area contributed by atoms with Crippen LogP contribution < -0.4 is 0 Å². The molecule has 6 unspecified atom stereocenters. The Morgan fingerprint density at radius 1 is 1.18 bits per heavy atom. The van der Waals surface area contributed by atoms with Crippen LogP contribution in [0.3, 0.4) is 0 Å². The fourth-order valence-corrected chi connectivity index (χ4v) is 4.13. The SMILES string of the molecule is CC1CC2OC2CC1C1CCCC(C(=O)O)C1. The molecule has 0 spiro atoms. The van der Waals surface area contributed by atoms with Gasteiger partial charge in [0.15, 0.2) is 0 Å². The molecule has 1 aliphatic heterocycles. The summed E-state index contributed by atoms with van der Waals surface area (Å²) in [5, 5.41) is 9.16. The van der Waals surface area contributed by atoms with Crippen molar-refractivity contribution in [3.8, 4) is 0 Å². The lowest BCUT2D eigenvalue weighted by Crippen LogP contribution is -2.33. The second-order valence-electron chi connectivity index (χ2n) is 6.29. The van der Waals surface area contributed by atoms with Crippen LogP contribution >= 0.6 is 0 Å². The summed E-state index contributed by atoms with van der Waals surface area (Å²) in [4.78, 5) is 11.1. The smallest absolute Gasteiger partial charge is 0.306 e. The Bertz CT molecular complexity index is 315. The highest BCUT2D eigenvalue weighted by Gasteiger charge is 2.49. The molecular weight excluding hydrogens is 216 g/mol. The van der Waals surface area contributed by atoms with Gasteiger partial charge in [0.05, 0.1) is 18.1 Å². The minimum atomic E-state index is -0.585. The topological polar surface area (TPSA) is 49.8 Å². The number of fused-ring (bicyclic) bond motifs is 1. The molecule has 0 bridgehead atoms. The van der Waals surface area contributed by atoms with Crippen molar-refractivity contribution in [1.82, 2.24) is 0 Å². The van der Waals surface area contributed by atoms with Crippen LogP contribution in [-0.2, 0) is 9.53 Å². The fraction of sp³-hybridized carbons (Fsp3) is 0.929. The van der Waals surface area contributed by atoms with Gasteiger partial charge in [0.25, 0.3) is 0 Å². The van der Waals surface area contributed by atoms with Gasteiger partial charge < -0.3 is 9.84 Å². The first-order chi connectivity index (χ1) is 8.15. The first-order valence-corrected chi connectivity index (χ1v) is 7.03. The highest BCUT2D eigenvalue weighted by molar-refractivity contribution is 5.70. The Balaban J connectivity index is 1.64. The lowest BCUT2D eigenvalue weighted by molar-refractivity contribution is -0.143. The number of epoxide rings is 1.